The highest BCUT2D eigenvalue weighted by Crippen LogP contribution is 2.40. The van der Waals surface area contributed by atoms with Crippen LogP contribution in [-0.4, -0.2) is 17.3 Å². The van der Waals surface area contributed by atoms with Crippen molar-refractivity contribution < 1.29 is 14.4 Å². The van der Waals surface area contributed by atoms with Crippen molar-refractivity contribution in [1.82, 2.24) is 0 Å². The SMILES string of the molecule is CCCC(CC1CC(=O)c2c(C)ccc(-c3cccc(CC(C)C)c3)c2C1)C(CC)C(=O)CC(C)=O. The molecule has 3 nitrogen and oxygen atoms in total. The van der Waals surface area contributed by atoms with Gasteiger partial charge in [-0.3, -0.25) is 14.4 Å². The first-order chi connectivity index (χ1) is 17.1. The molecule has 0 N–H and O–H groups in total. The Bertz CT molecular complexity index is 1090. The quantitative estimate of drug-likeness (QED) is 0.285. The Hall–Kier alpha value is -2.55. The molecule has 0 aromatic heterocycles. The summed E-state index contributed by atoms with van der Waals surface area (Å²) in [4.78, 5) is 38.0. The molecule has 36 heavy (non-hydrogen) atoms. The number of ketones is 3. The van der Waals surface area contributed by atoms with Gasteiger partial charge in [-0.2, -0.15) is 0 Å². The molecular weight excluding hydrogens is 444 g/mol. The second kappa shape index (κ2) is 12.6. The van der Waals surface area contributed by atoms with Crippen LogP contribution in [0.25, 0.3) is 11.1 Å². The molecule has 0 saturated heterocycles. The molecule has 3 rings (SSSR count). The normalized spacial score (nSPS) is 17.1. The third-order valence-electron chi connectivity index (χ3n) is 7.79. The molecule has 0 radical (unpaired) electrons. The topological polar surface area (TPSA) is 51.2 Å². The number of hydrogen-bond donors (Lipinski definition) is 0. The first-order valence-electron chi connectivity index (χ1n) is 13.9. The minimum absolute atomic E-state index is 0.0290. The van der Waals surface area contributed by atoms with Gasteiger partial charge >= 0.3 is 0 Å². The van der Waals surface area contributed by atoms with Gasteiger partial charge in [0.25, 0.3) is 0 Å². The van der Waals surface area contributed by atoms with Crippen molar-refractivity contribution in [2.75, 3.05) is 0 Å². The van der Waals surface area contributed by atoms with Gasteiger partial charge < -0.3 is 0 Å². The Labute approximate surface area is 218 Å². The van der Waals surface area contributed by atoms with Crippen molar-refractivity contribution in [2.24, 2.45) is 23.7 Å². The average Bonchev–Trinajstić information content (AvgIpc) is 2.79. The van der Waals surface area contributed by atoms with Crippen molar-refractivity contribution in [3.8, 4) is 11.1 Å². The minimum Gasteiger partial charge on any atom is -0.300 e. The summed E-state index contributed by atoms with van der Waals surface area (Å²) in [5, 5.41) is 0. The van der Waals surface area contributed by atoms with E-state index in [1.165, 1.54) is 29.2 Å². The summed E-state index contributed by atoms with van der Waals surface area (Å²) in [6, 6.07) is 13.0. The van der Waals surface area contributed by atoms with Crippen LogP contribution in [0.1, 0.15) is 100 Å². The van der Waals surface area contributed by atoms with E-state index in [2.05, 4.69) is 64.1 Å². The largest absolute Gasteiger partial charge is 0.300 e. The molecule has 3 heteroatoms. The molecule has 3 atom stereocenters. The van der Waals surface area contributed by atoms with E-state index in [1.54, 1.807) is 0 Å². The maximum Gasteiger partial charge on any atom is 0.163 e. The zero-order chi connectivity index (χ0) is 26.4. The van der Waals surface area contributed by atoms with Crippen LogP contribution in [0.15, 0.2) is 36.4 Å². The van der Waals surface area contributed by atoms with Crippen LogP contribution in [0.4, 0.5) is 0 Å². The molecule has 0 spiro atoms. The fraction of sp³-hybridized carbons (Fsp3) is 0.545. The number of hydrogen-bond acceptors (Lipinski definition) is 3. The summed E-state index contributed by atoms with van der Waals surface area (Å²) >= 11 is 0. The van der Waals surface area contributed by atoms with E-state index < -0.39 is 0 Å². The van der Waals surface area contributed by atoms with Crippen LogP contribution >= 0.6 is 0 Å². The maximum atomic E-state index is 13.5. The fourth-order valence-electron chi connectivity index (χ4n) is 6.35. The van der Waals surface area contributed by atoms with Crippen LogP contribution in [0.2, 0.25) is 0 Å². The molecular formula is C33H44O3. The Kier molecular flexibility index (Phi) is 9.82. The number of rotatable bonds is 12. The van der Waals surface area contributed by atoms with E-state index in [-0.39, 0.29) is 41.5 Å². The second-order valence-corrected chi connectivity index (χ2v) is 11.4. The molecule has 0 saturated carbocycles. The highest BCUT2D eigenvalue weighted by Gasteiger charge is 2.34. The van der Waals surface area contributed by atoms with Gasteiger partial charge in [-0.05, 0) is 85.1 Å². The molecule has 1 aliphatic carbocycles. The Balaban J connectivity index is 1.93. The highest BCUT2D eigenvalue weighted by atomic mass is 16.1. The van der Waals surface area contributed by atoms with Gasteiger partial charge in [0.05, 0.1) is 6.42 Å². The number of benzene rings is 2. The third-order valence-corrected chi connectivity index (χ3v) is 7.79. The maximum absolute atomic E-state index is 13.5. The number of carbonyl (C=O) groups excluding carboxylic acids is 3. The van der Waals surface area contributed by atoms with Crippen LogP contribution in [0, 0.1) is 30.6 Å². The molecule has 0 fully saturated rings. The zero-order valence-electron chi connectivity index (χ0n) is 23.2. The van der Waals surface area contributed by atoms with Gasteiger partial charge in [0, 0.05) is 17.9 Å². The summed E-state index contributed by atoms with van der Waals surface area (Å²) in [5.41, 5.74) is 6.83. The Morgan fingerprint density at radius 1 is 1.06 bits per heavy atom. The number of Topliss-reactive ketones (excluding diaryl/α,β-unsaturated/α-hetero) is 3. The number of fused-ring (bicyclic) bond motifs is 1. The molecule has 194 valence electrons. The lowest BCUT2D eigenvalue weighted by molar-refractivity contribution is -0.129. The summed E-state index contributed by atoms with van der Waals surface area (Å²) in [6.45, 7) is 12.2. The first-order valence-corrected chi connectivity index (χ1v) is 13.9. The van der Waals surface area contributed by atoms with E-state index in [0.717, 1.165) is 49.7 Å². The van der Waals surface area contributed by atoms with Crippen LogP contribution < -0.4 is 0 Å². The number of carbonyl (C=O) groups is 3. The van der Waals surface area contributed by atoms with Gasteiger partial charge in [-0.25, -0.2) is 0 Å². The number of aryl methyl sites for hydroxylation is 1. The molecule has 0 heterocycles. The Morgan fingerprint density at radius 3 is 2.44 bits per heavy atom. The van der Waals surface area contributed by atoms with Crippen LogP contribution in [0.3, 0.4) is 0 Å². The monoisotopic (exact) mass is 488 g/mol. The van der Waals surface area contributed by atoms with E-state index in [0.29, 0.717) is 12.3 Å². The van der Waals surface area contributed by atoms with Crippen LogP contribution in [0.5, 0.6) is 0 Å². The van der Waals surface area contributed by atoms with Crippen molar-refractivity contribution >= 4 is 17.3 Å². The first kappa shape index (κ1) is 28.0. The standard InChI is InChI=1S/C33H44O3/c1-7-10-26(28(8-2)31(35)16-23(6)34)18-25-19-30-29(14-13-22(5)33(30)32(36)20-25)27-12-9-11-24(17-27)15-21(3)4/h9,11-14,17,21,25-26,28H,7-8,10,15-16,18-20H2,1-6H3. The highest BCUT2D eigenvalue weighted by molar-refractivity contribution is 6.02. The lowest BCUT2D eigenvalue weighted by Gasteiger charge is -2.32. The summed E-state index contributed by atoms with van der Waals surface area (Å²) < 4.78 is 0. The fourth-order valence-corrected chi connectivity index (χ4v) is 6.35. The summed E-state index contributed by atoms with van der Waals surface area (Å²) in [7, 11) is 0. The van der Waals surface area contributed by atoms with Crippen LogP contribution in [-0.2, 0) is 22.4 Å². The van der Waals surface area contributed by atoms with E-state index in [1.807, 2.05) is 6.92 Å². The molecule has 2 aromatic rings. The average molecular weight is 489 g/mol. The van der Waals surface area contributed by atoms with Crippen molar-refractivity contribution in [3.05, 3.63) is 58.7 Å². The minimum atomic E-state index is -0.102. The molecule has 2 aromatic carbocycles. The van der Waals surface area contributed by atoms with Gasteiger partial charge in [0.1, 0.15) is 11.6 Å². The molecule has 0 bridgehead atoms. The van der Waals surface area contributed by atoms with Gasteiger partial charge in [-0.15, -0.1) is 0 Å². The van der Waals surface area contributed by atoms with Gasteiger partial charge in [0.15, 0.2) is 5.78 Å². The van der Waals surface area contributed by atoms with E-state index in [9.17, 15) is 14.4 Å². The zero-order valence-corrected chi connectivity index (χ0v) is 23.2. The smallest absolute Gasteiger partial charge is 0.163 e. The van der Waals surface area contributed by atoms with E-state index in [4.69, 9.17) is 0 Å². The van der Waals surface area contributed by atoms with E-state index >= 15 is 0 Å². The molecule has 1 aliphatic rings. The van der Waals surface area contributed by atoms with Crippen molar-refractivity contribution in [3.63, 3.8) is 0 Å². The van der Waals surface area contributed by atoms with Crippen molar-refractivity contribution in [2.45, 2.75) is 92.9 Å². The predicted molar refractivity (Wildman–Crippen MR) is 148 cm³/mol. The predicted octanol–water partition coefficient (Wildman–Crippen LogP) is 7.99. The lowest BCUT2D eigenvalue weighted by atomic mass is 9.71. The molecule has 3 unspecified atom stereocenters. The summed E-state index contributed by atoms with van der Waals surface area (Å²) in [5.74, 6) is 1.17. The van der Waals surface area contributed by atoms with Gasteiger partial charge in [0.2, 0.25) is 0 Å². The van der Waals surface area contributed by atoms with Gasteiger partial charge in [-0.1, -0.05) is 76.9 Å². The summed E-state index contributed by atoms with van der Waals surface area (Å²) in [6.07, 6.45) is 6.04. The Morgan fingerprint density at radius 2 is 1.81 bits per heavy atom. The molecule has 0 amide bonds. The third kappa shape index (κ3) is 6.81. The second-order valence-electron chi connectivity index (χ2n) is 11.4. The molecule has 0 aliphatic heterocycles. The van der Waals surface area contributed by atoms with Crippen molar-refractivity contribution in [1.29, 1.82) is 0 Å². The lowest BCUT2D eigenvalue weighted by Crippen LogP contribution is -2.30.